The Labute approximate surface area is 220 Å². The third-order valence-electron chi connectivity index (χ3n) is 6.42. The zero-order valence-corrected chi connectivity index (χ0v) is 22.0. The zero-order chi connectivity index (χ0) is 25.7. The summed E-state index contributed by atoms with van der Waals surface area (Å²) in [5.74, 6) is -0.190. The first-order valence-electron chi connectivity index (χ1n) is 11.6. The minimum absolute atomic E-state index is 0.190. The molecule has 3 aromatic heterocycles. The number of amides is 1. The van der Waals surface area contributed by atoms with Crippen LogP contribution in [0.25, 0.3) is 16.3 Å². The summed E-state index contributed by atoms with van der Waals surface area (Å²) in [7, 11) is 3.58. The highest BCUT2D eigenvalue weighted by Crippen LogP contribution is 2.30. The van der Waals surface area contributed by atoms with Crippen LogP contribution in [-0.4, -0.2) is 32.7 Å². The van der Waals surface area contributed by atoms with Crippen LogP contribution in [0.4, 0.5) is 11.4 Å². The smallest absolute Gasteiger partial charge is 0.297 e. The van der Waals surface area contributed by atoms with E-state index in [0.29, 0.717) is 16.2 Å². The molecule has 4 heterocycles. The van der Waals surface area contributed by atoms with E-state index in [-0.39, 0.29) is 11.5 Å². The molecule has 0 unspecified atom stereocenters. The predicted octanol–water partition coefficient (Wildman–Crippen LogP) is 4.54. The van der Waals surface area contributed by atoms with Crippen molar-refractivity contribution in [3.05, 3.63) is 104 Å². The number of carbonyl (C=O) groups is 1. The Kier molecular flexibility index (Phi) is 5.62. The molecule has 0 saturated heterocycles. The molecule has 0 N–H and O–H groups in total. The molecule has 5 aromatic rings. The molecule has 6 rings (SSSR count). The van der Waals surface area contributed by atoms with Crippen molar-refractivity contribution >= 4 is 45.7 Å². The van der Waals surface area contributed by atoms with Crippen molar-refractivity contribution in [2.24, 2.45) is 17.1 Å². The molecule has 0 saturated carbocycles. The van der Waals surface area contributed by atoms with Gasteiger partial charge in [-0.3, -0.25) is 14.3 Å². The summed E-state index contributed by atoms with van der Waals surface area (Å²) >= 11 is 2.95. The maximum Gasteiger partial charge on any atom is 0.297 e. The second-order valence-electron chi connectivity index (χ2n) is 8.54. The fourth-order valence-electron chi connectivity index (χ4n) is 4.39. The summed E-state index contributed by atoms with van der Waals surface area (Å²) in [4.78, 5) is 34.6. The van der Waals surface area contributed by atoms with E-state index >= 15 is 0 Å². The normalized spacial score (nSPS) is 14.7. The summed E-state index contributed by atoms with van der Waals surface area (Å²) < 4.78 is 5.08. The van der Waals surface area contributed by atoms with Gasteiger partial charge in [-0.2, -0.15) is 5.10 Å². The summed E-state index contributed by atoms with van der Waals surface area (Å²) in [6.45, 7) is 1.87. The highest BCUT2D eigenvalue weighted by atomic mass is 32.1. The van der Waals surface area contributed by atoms with Gasteiger partial charge >= 0.3 is 0 Å². The van der Waals surface area contributed by atoms with Crippen molar-refractivity contribution in [2.45, 2.75) is 6.92 Å². The van der Waals surface area contributed by atoms with E-state index in [1.165, 1.54) is 11.3 Å². The van der Waals surface area contributed by atoms with Crippen LogP contribution in [0.3, 0.4) is 0 Å². The van der Waals surface area contributed by atoms with E-state index in [1.807, 2.05) is 91.5 Å². The lowest BCUT2D eigenvalue weighted by atomic mass is 10.1. The molecule has 1 aliphatic rings. The third kappa shape index (κ3) is 3.73. The number of benzene rings is 2. The van der Waals surface area contributed by atoms with Crippen molar-refractivity contribution in [2.75, 3.05) is 11.9 Å². The lowest BCUT2D eigenvalue weighted by Crippen LogP contribution is -2.27. The molecular weight excluding hydrogens is 504 g/mol. The largest absolute Gasteiger partial charge is 0.309 e. The third-order valence-corrected chi connectivity index (χ3v) is 8.13. The Hall–Kier alpha value is -4.28. The fraction of sp³-hybridized carbons (Fsp3) is 0.111. The average molecular weight is 527 g/mol. The van der Waals surface area contributed by atoms with Gasteiger partial charge in [0.2, 0.25) is 4.80 Å². The molecule has 0 aliphatic carbocycles. The van der Waals surface area contributed by atoms with Gasteiger partial charge in [0.05, 0.1) is 27.6 Å². The Balaban J connectivity index is 1.59. The number of carbonyl (C=O) groups excluding carboxylic acids is 1. The average Bonchev–Trinajstić information content (AvgIpc) is 3.67. The molecule has 0 radical (unpaired) electrons. The first-order chi connectivity index (χ1) is 18.0. The van der Waals surface area contributed by atoms with Crippen molar-refractivity contribution in [1.82, 2.24) is 14.0 Å². The topological polar surface area (TPSA) is 76.9 Å². The number of fused-ring (bicyclic) bond motifs is 1. The maximum atomic E-state index is 13.5. The van der Waals surface area contributed by atoms with Gasteiger partial charge in [-0.25, -0.2) is 14.4 Å². The van der Waals surface area contributed by atoms with Gasteiger partial charge < -0.3 is 4.90 Å². The van der Waals surface area contributed by atoms with Crippen LogP contribution >= 0.6 is 22.7 Å². The fourth-order valence-corrected chi connectivity index (χ4v) is 6.02. The van der Waals surface area contributed by atoms with Crippen molar-refractivity contribution < 1.29 is 4.79 Å². The predicted molar refractivity (Wildman–Crippen MR) is 148 cm³/mol. The second kappa shape index (κ2) is 8.99. The first kappa shape index (κ1) is 23.1. The minimum atomic E-state index is -0.224. The molecule has 1 aliphatic heterocycles. The van der Waals surface area contributed by atoms with Crippen molar-refractivity contribution in [1.29, 1.82) is 0 Å². The quantitative estimate of drug-likeness (QED) is 0.345. The number of para-hydroxylation sites is 2. The SMILES string of the molecule is Cc1c(N=c2scc(-c3cccs3)n2/N=C2\C(=O)N(C)c3ccccc32)c(=O)n(-c2ccccc2)n1C. The van der Waals surface area contributed by atoms with Crippen LogP contribution in [0.5, 0.6) is 0 Å². The number of thiazole rings is 1. The summed E-state index contributed by atoms with van der Waals surface area (Å²) in [6, 6.07) is 21.0. The van der Waals surface area contributed by atoms with Crippen LogP contribution in [0.2, 0.25) is 0 Å². The van der Waals surface area contributed by atoms with Gasteiger partial charge in [0.1, 0.15) is 0 Å². The van der Waals surface area contributed by atoms with Crippen LogP contribution in [0.1, 0.15) is 11.3 Å². The summed E-state index contributed by atoms with van der Waals surface area (Å²) in [6.07, 6.45) is 0. The van der Waals surface area contributed by atoms with Crippen LogP contribution in [0, 0.1) is 6.92 Å². The monoisotopic (exact) mass is 526 g/mol. The molecule has 1 amide bonds. The number of hydrogen-bond acceptors (Lipinski definition) is 6. The molecule has 0 spiro atoms. The Morgan fingerprint density at radius 1 is 0.865 bits per heavy atom. The van der Waals surface area contributed by atoms with Crippen LogP contribution < -0.4 is 15.3 Å². The van der Waals surface area contributed by atoms with Gasteiger partial charge in [-0.15, -0.1) is 22.7 Å². The van der Waals surface area contributed by atoms with E-state index in [4.69, 9.17) is 10.1 Å². The van der Waals surface area contributed by atoms with Crippen LogP contribution in [0.15, 0.2) is 92.4 Å². The number of anilines is 1. The summed E-state index contributed by atoms with van der Waals surface area (Å²) in [5, 5.41) is 8.79. The molecule has 10 heteroatoms. The summed E-state index contributed by atoms with van der Waals surface area (Å²) in [5.41, 5.74) is 4.30. The van der Waals surface area contributed by atoms with E-state index in [1.54, 1.807) is 37.3 Å². The molecule has 37 heavy (non-hydrogen) atoms. The van der Waals surface area contributed by atoms with E-state index in [0.717, 1.165) is 33.2 Å². The second-order valence-corrected chi connectivity index (χ2v) is 10.3. The van der Waals surface area contributed by atoms with E-state index < -0.39 is 0 Å². The number of thiophene rings is 1. The Morgan fingerprint density at radius 3 is 2.38 bits per heavy atom. The van der Waals surface area contributed by atoms with Gasteiger partial charge in [0.15, 0.2) is 11.4 Å². The van der Waals surface area contributed by atoms with Gasteiger partial charge in [-0.1, -0.05) is 42.5 Å². The van der Waals surface area contributed by atoms with E-state index in [2.05, 4.69) is 0 Å². The molecular formula is C27H22N6O2S2. The molecule has 0 bridgehead atoms. The number of nitrogens with zero attached hydrogens (tertiary/aromatic N) is 6. The first-order valence-corrected chi connectivity index (χ1v) is 13.3. The minimum Gasteiger partial charge on any atom is -0.309 e. The van der Waals surface area contributed by atoms with E-state index in [9.17, 15) is 9.59 Å². The lowest BCUT2D eigenvalue weighted by Gasteiger charge is -2.07. The Morgan fingerprint density at radius 2 is 1.62 bits per heavy atom. The van der Waals surface area contributed by atoms with Crippen molar-refractivity contribution in [3.8, 4) is 16.3 Å². The molecule has 0 atom stereocenters. The van der Waals surface area contributed by atoms with Gasteiger partial charge in [0, 0.05) is 25.0 Å². The standard InChI is InChI=1S/C27H22N6O2S2/c1-17-23(26(35)33(31(17)3)18-10-5-4-6-11-18)28-27-32(21(16-37-27)22-14-9-15-36-22)29-24-19-12-7-8-13-20(19)30(2)25(24)34/h4-16H,1-3H3/b28-27?,29-24-. The number of rotatable bonds is 4. The Bertz CT molecular complexity index is 1800. The number of aromatic nitrogens is 3. The lowest BCUT2D eigenvalue weighted by molar-refractivity contribution is -0.112. The van der Waals surface area contributed by atoms with Crippen LogP contribution in [-0.2, 0) is 11.8 Å². The van der Waals surface area contributed by atoms with Crippen molar-refractivity contribution in [3.63, 3.8) is 0 Å². The molecule has 184 valence electrons. The van der Waals surface area contributed by atoms with Gasteiger partial charge in [0.25, 0.3) is 11.5 Å². The number of hydrogen-bond donors (Lipinski definition) is 0. The maximum absolute atomic E-state index is 13.5. The highest BCUT2D eigenvalue weighted by Gasteiger charge is 2.31. The molecule has 8 nitrogen and oxygen atoms in total. The zero-order valence-electron chi connectivity index (χ0n) is 20.3. The molecule has 0 fully saturated rings. The molecule has 2 aromatic carbocycles. The highest BCUT2D eigenvalue weighted by molar-refractivity contribution is 7.14. The van der Waals surface area contributed by atoms with Gasteiger partial charge in [-0.05, 0) is 36.6 Å². The number of likely N-dealkylation sites (N-methyl/N-ethyl adjacent to an activating group) is 1.